The fraction of sp³-hybridized carbons (Fsp3) is 0.444. The quantitative estimate of drug-likeness (QED) is 0.300. The van der Waals surface area contributed by atoms with Gasteiger partial charge >= 0.3 is 0 Å². The molecular formula is C27H30Cl2N6O2S2. The van der Waals surface area contributed by atoms with Gasteiger partial charge in [0.1, 0.15) is 11.1 Å². The van der Waals surface area contributed by atoms with E-state index in [1.165, 1.54) is 34.0 Å². The third kappa shape index (κ3) is 6.60. The van der Waals surface area contributed by atoms with Crippen LogP contribution in [0.2, 0.25) is 10.0 Å². The summed E-state index contributed by atoms with van der Waals surface area (Å²) in [6.45, 7) is 8.56. The summed E-state index contributed by atoms with van der Waals surface area (Å²) in [5, 5.41) is 25.9. The molecule has 0 radical (unpaired) electrons. The molecule has 206 valence electrons. The number of amides is 2. The molecule has 0 aliphatic heterocycles. The first-order chi connectivity index (χ1) is 18.4. The molecule has 39 heavy (non-hydrogen) atoms. The maximum absolute atomic E-state index is 12.8. The zero-order valence-corrected chi connectivity index (χ0v) is 25.5. The number of nitriles is 1. The van der Waals surface area contributed by atoms with Crippen molar-refractivity contribution in [2.45, 2.75) is 58.2 Å². The molecule has 1 aliphatic rings. The molecule has 1 aromatic carbocycles. The second kappa shape index (κ2) is 11.9. The van der Waals surface area contributed by atoms with Crippen LogP contribution in [0.5, 0.6) is 0 Å². The van der Waals surface area contributed by atoms with Gasteiger partial charge in [-0.3, -0.25) is 9.59 Å². The Bertz CT molecular complexity index is 1450. The Morgan fingerprint density at radius 2 is 2.03 bits per heavy atom. The van der Waals surface area contributed by atoms with Gasteiger partial charge in [-0.2, -0.15) is 5.26 Å². The lowest BCUT2D eigenvalue weighted by Gasteiger charge is -2.33. The fourth-order valence-corrected chi connectivity index (χ4v) is 6.95. The van der Waals surface area contributed by atoms with Crippen molar-refractivity contribution < 1.29 is 9.59 Å². The van der Waals surface area contributed by atoms with E-state index in [-0.39, 0.29) is 23.0 Å². The fourth-order valence-electron chi connectivity index (χ4n) is 4.64. The van der Waals surface area contributed by atoms with Gasteiger partial charge < -0.3 is 15.2 Å². The summed E-state index contributed by atoms with van der Waals surface area (Å²) in [5.41, 5.74) is 2.26. The molecule has 2 heterocycles. The number of thiophene rings is 1. The molecule has 2 aromatic heterocycles. The molecule has 1 aliphatic carbocycles. The first-order valence-electron chi connectivity index (χ1n) is 12.5. The van der Waals surface area contributed by atoms with Crippen LogP contribution in [0.4, 0.5) is 5.00 Å². The summed E-state index contributed by atoms with van der Waals surface area (Å²) in [4.78, 5) is 26.7. The predicted octanol–water partition coefficient (Wildman–Crippen LogP) is 6.43. The van der Waals surface area contributed by atoms with Gasteiger partial charge in [-0.25, -0.2) is 0 Å². The van der Waals surface area contributed by atoms with Gasteiger partial charge in [0, 0.05) is 17.5 Å². The standard InChI is InChI=1S/C27H30Cl2N6O2S2/c1-14(31-24(37)15-6-9-19(28)20(29)10-15)23-33-34-26(35(23)5)38-13-22(36)32-25-18(12-30)17-8-7-16(27(2,3)4)11-21(17)39-25/h6,9-10,14,16H,7-8,11,13H2,1-5H3,(H,31,37)(H,32,36)/t14-,16+/m1/s1. The zero-order chi connectivity index (χ0) is 28.5. The van der Waals surface area contributed by atoms with E-state index in [0.29, 0.717) is 43.1 Å². The van der Waals surface area contributed by atoms with Crippen molar-refractivity contribution in [2.75, 3.05) is 11.1 Å². The number of carbonyl (C=O) groups is 2. The van der Waals surface area contributed by atoms with Crippen LogP contribution >= 0.6 is 46.3 Å². The maximum Gasteiger partial charge on any atom is 0.251 e. The number of halogens is 2. The van der Waals surface area contributed by atoms with E-state index >= 15 is 0 Å². The van der Waals surface area contributed by atoms with Crippen LogP contribution < -0.4 is 10.6 Å². The minimum atomic E-state index is -0.444. The molecule has 12 heteroatoms. The van der Waals surface area contributed by atoms with Gasteiger partial charge in [0.2, 0.25) is 5.91 Å². The molecule has 0 saturated carbocycles. The maximum atomic E-state index is 12.8. The number of aromatic nitrogens is 3. The molecule has 0 saturated heterocycles. The van der Waals surface area contributed by atoms with E-state index in [1.54, 1.807) is 30.7 Å². The minimum Gasteiger partial charge on any atom is -0.342 e. The molecule has 0 unspecified atom stereocenters. The number of carbonyl (C=O) groups excluding carboxylic acids is 2. The van der Waals surface area contributed by atoms with Crippen LogP contribution in [-0.4, -0.2) is 32.3 Å². The summed E-state index contributed by atoms with van der Waals surface area (Å²) in [5.74, 6) is 0.660. The normalized spacial score (nSPS) is 15.8. The number of hydrogen-bond acceptors (Lipinski definition) is 7. The molecule has 3 aromatic rings. The summed E-state index contributed by atoms with van der Waals surface area (Å²) in [6.07, 6.45) is 2.85. The number of nitrogens with one attached hydrogen (secondary N) is 2. The second-order valence-electron chi connectivity index (χ2n) is 10.7. The SMILES string of the molecule is C[C@@H](NC(=O)c1ccc(Cl)c(Cl)c1)c1nnc(SCC(=O)Nc2sc3c(c2C#N)CC[C@H](C(C)(C)C)C3)n1C. The highest BCUT2D eigenvalue weighted by atomic mass is 35.5. The average molecular weight is 606 g/mol. The Morgan fingerprint density at radius 1 is 1.28 bits per heavy atom. The van der Waals surface area contributed by atoms with E-state index < -0.39 is 6.04 Å². The number of rotatable bonds is 7. The highest BCUT2D eigenvalue weighted by Crippen LogP contribution is 2.44. The van der Waals surface area contributed by atoms with E-state index in [9.17, 15) is 14.9 Å². The summed E-state index contributed by atoms with van der Waals surface area (Å²) in [7, 11) is 1.78. The van der Waals surface area contributed by atoms with Crippen LogP contribution in [-0.2, 0) is 24.7 Å². The second-order valence-corrected chi connectivity index (χ2v) is 13.5. The number of fused-ring (bicyclic) bond motifs is 1. The highest BCUT2D eigenvalue weighted by molar-refractivity contribution is 7.99. The first-order valence-corrected chi connectivity index (χ1v) is 15.1. The molecule has 2 N–H and O–H groups in total. The van der Waals surface area contributed by atoms with Crippen molar-refractivity contribution >= 4 is 63.1 Å². The van der Waals surface area contributed by atoms with Crippen LogP contribution in [0, 0.1) is 22.7 Å². The Kier molecular flexibility index (Phi) is 8.96. The smallest absolute Gasteiger partial charge is 0.251 e. The Balaban J connectivity index is 1.37. The van der Waals surface area contributed by atoms with Crippen LogP contribution in [0.25, 0.3) is 0 Å². The molecular weight excluding hydrogens is 575 g/mol. The van der Waals surface area contributed by atoms with Gasteiger partial charge in [0.25, 0.3) is 5.91 Å². The van der Waals surface area contributed by atoms with Crippen LogP contribution in [0.1, 0.15) is 72.3 Å². The Hall–Kier alpha value is -2.58. The first kappa shape index (κ1) is 29.4. The van der Waals surface area contributed by atoms with Gasteiger partial charge in [-0.1, -0.05) is 55.7 Å². The Labute approximate surface area is 246 Å². The topological polar surface area (TPSA) is 113 Å². The molecule has 0 bridgehead atoms. The monoisotopic (exact) mass is 604 g/mol. The summed E-state index contributed by atoms with van der Waals surface area (Å²) >= 11 is 14.7. The predicted molar refractivity (Wildman–Crippen MR) is 157 cm³/mol. The number of hydrogen-bond donors (Lipinski definition) is 2. The van der Waals surface area contributed by atoms with E-state index in [2.05, 4.69) is 47.7 Å². The van der Waals surface area contributed by atoms with Crippen molar-refractivity contribution in [1.29, 1.82) is 5.26 Å². The average Bonchev–Trinajstić information content (AvgIpc) is 3.42. The van der Waals surface area contributed by atoms with E-state index in [4.69, 9.17) is 23.2 Å². The third-order valence-electron chi connectivity index (χ3n) is 6.97. The summed E-state index contributed by atoms with van der Waals surface area (Å²) in [6, 6.07) is 6.53. The minimum absolute atomic E-state index is 0.105. The van der Waals surface area contributed by atoms with Gasteiger partial charge in [0.05, 0.1) is 27.4 Å². The lowest BCUT2D eigenvalue weighted by Crippen LogP contribution is -2.28. The highest BCUT2D eigenvalue weighted by Gasteiger charge is 2.32. The molecule has 4 rings (SSSR count). The zero-order valence-electron chi connectivity index (χ0n) is 22.4. The van der Waals surface area contributed by atoms with E-state index in [1.807, 2.05) is 0 Å². The Morgan fingerprint density at radius 3 is 2.69 bits per heavy atom. The molecule has 8 nitrogen and oxygen atoms in total. The third-order valence-corrected chi connectivity index (χ3v) is 9.90. The molecule has 2 atom stereocenters. The molecule has 2 amide bonds. The van der Waals surface area contributed by atoms with Crippen molar-refractivity contribution in [3.8, 4) is 6.07 Å². The van der Waals surface area contributed by atoms with Crippen molar-refractivity contribution in [3.63, 3.8) is 0 Å². The lowest BCUT2D eigenvalue weighted by molar-refractivity contribution is -0.113. The number of nitrogens with zero attached hydrogens (tertiary/aromatic N) is 4. The van der Waals surface area contributed by atoms with E-state index in [0.717, 1.165) is 24.8 Å². The van der Waals surface area contributed by atoms with Crippen LogP contribution in [0.3, 0.4) is 0 Å². The largest absolute Gasteiger partial charge is 0.342 e. The number of anilines is 1. The van der Waals surface area contributed by atoms with Gasteiger partial charge in [-0.05, 0) is 61.3 Å². The lowest BCUT2D eigenvalue weighted by atomic mass is 9.72. The van der Waals surface area contributed by atoms with Gasteiger partial charge in [-0.15, -0.1) is 21.5 Å². The summed E-state index contributed by atoms with van der Waals surface area (Å²) < 4.78 is 1.74. The van der Waals surface area contributed by atoms with Crippen molar-refractivity contribution in [3.05, 3.63) is 55.6 Å². The van der Waals surface area contributed by atoms with Gasteiger partial charge in [0.15, 0.2) is 11.0 Å². The van der Waals surface area contributed by atoms with Crippen molar-refractivity contribution in [1.82, 2.24) is 20.1 Å². The molecule has 0 fully saturated rings. The molecule has 0 spiro atoms. The number of benzene rings is 1. The van der Waals surface area contributed by atoms with Crippen molar-refractivity contribution in [2.24, 2.45) is 18.4 Å². The van der Waals surface area contributed by atoms with Crippen LogP contribution in [0.15, 0.2) is 23.4 Å². The number of thioether (sulfide) groups is 1.